The molecule has 0 saturated heterocycles. The first kappa shape index (κ1) is 23.2. The summed E-state index contributed by atoms with van der Waals surface area (Å²) in [5.41, 5.74) is 1.44. The highest BCUT2D eigenvalue weighted by atomic mass is 79.9. The molecule has 3 amide bonds. The normalized spacial score (nSPS) is 21.1. The van der Waals surface area contributed by atoms with E-state index in [0.717, 1.165) is 30.4 Å². The fourth-order valence-electron chi connectivity index (χ4n) is 5.05. The summed E-state index contributed by atoms with van der Waals surface area (Å²) in [5, 5.41) is 5.58. The minimum atomic E-state index is -1.70. The van der Waals surface area contributed by atoms with Gasteiger partial charge in [-0.25, -0.2) is 9.18 Å². The molecule has 0 bridgehead atoms. The van der Waals surface area contributed by atoms with Crippen LogP contribution in [0, 0.1) is 5.82 Å². The number of nitrogens with zero attached hydrogens (tertiary/aromatic N) is 2. The topological polar surface area (TPSA) is 73.8 Å². The zero-order valence-corrected chi connectivity index (χ0v) is 21.8. The van der Waals surface area contributed by atoms with Crippen molar-refractivity contribution in [3.8, 4) is 0 Å². The van der Waals surface area contributed by atoms with Gasteiger partial charge in [0, 0.05) is 15.1 Å². The average Bonchev–Trinajstić information content (AvgIpc) is 3.14. The van der Waals surface area contributed by atoms with Crippen LogP contribution >= 0.6 is 15.9 Å². The third-order valence-electron chi connectivity index (χ3n) is 7.52. The molecular formula is C23H30BrFN4O2Si. The number of amides is 3. The molecule has 0 unspecified atom stereocenters. The Kier molecular flexibility index (Phi) is 5.64. The van der Waals surface area contributed by atoms with Crippen molar-refractivity contribution in [1.29, 1.82) is 0 Å². The third-order valence-corrected chi connectivity index (χ3v) is 11.8. The van der Waals surface area contributed by atoms with Gasteiger partial charge in [0.1, 0.15) is 11.7 Å². The maximum absolute atomic E-state index is 14.2. The van der Waals surface area contributed by atoms with E-state index in [1.165, 1.54) is 6.07 Å². The Labute approximate surface area is 197 Å². The Morgan fingerprint density at radius 3 is 2.44 bits per heavy atom. The molecule has 0 spiro atoms. The number of hydrogen-bond acceptors (Lipinski definition) is 3. The Bertz CT molecular complexity index is 1040. The first-order valence-corrected chi connectivity index (χ1v) is 15.3. The van der Waals surface area contributed by atoms with Gasteiger partial charge in [-0.1, -0.05) is 32.1 Å². The van der Waals surface area contributed by atoms with Crippen LogP contribution in [0.1, 0.15) is 33.1 Å². The number of carbonyl (C=O) groups excluding carboxylic acids is 2. The lowest BCUT2D eigenvalue weighted by Gasteiger charge is -2.49. The van der Waals surface area contributed by atoms with Crippen LogP contribution in [0.3, 0.4) is 0 Å². The number of benzene rings is 1. The van der Waals surface area contributed by atoms with E-state index in [2.05, 4.69) is 51.2 Å². The average molecular weight is 522 g/mol. The van der Waals surface area contributed by atoms with Crippen LogP contribution in [0.15, 0.2) is 38.8 Å². The summed E-state index contributed by atoms with van der Waals surface area (Å²) < 4.78 is 14.7. The summed E-state index contributed by atoms with van der Waals surface area (Å²) in [6, 6.07) is 4.17. The standard InChI is InChI=1S/C23H30BrFN4O2Si/c1-22(2)15-12-26-19(28-20(30)23(10-7-11-23)32(3,4)5)14(15)13-29(22)21(31)27-18-16(24)8-6-9-17(18)25/h6,8-9H,7,10-13H2,1-5H3,(H,27,31)(H,26,28,30). The number of para-hydroxylation sites is 1. The van der Waals surface area contributed by atoms with Gasteiger partial charge in [-0.3, -0.25) is 9.79 Å². The highest BCUT2D eigenvalue weighted by molar-refractivity contribution is 9.10. The molecule has 0 aromatic heterocycles. The number of anilines is 1. The minimum absolute atomic E-state index is 0.0754. The summed E-state index contributed by atoms with van der Waals surface area (Å²) in [4.78, 5) is 32.7. The lowest BCUT2D eigenvalue weighted by Crippen LogP contribution is -2.55. The van der Waals surface area contributed by atoms with E-state index < -0.39 is 25.5 Å². The predicted molar refractivity (Wildman–Crippen MR) is 131 cm³/mol. The van der Waals surface area contributed by atoms with E-state index in [0.29, 0.717) is 23.4 Å². The molecule has 9 heteroatoms. The van der Waals surface area contributed by atoms with Crippen molar-refractivity contribution in [3.05, 3.63) is 39.6 Å². The zero-order chi connectivity index (χ0) is 23.5. The first-order valence-electron chi connectivity index (χ1n) is 11.0. The maximum Gasteiger partial charge on any atom is 0.322 e. The van der Waals surface area contributed by atoms with E-state index >= 15 is 0 Å². The molecule has 1 aromatic rings. The van der Waals surface area contributed by atoms with Crippen LogP contribution in [0.4, 0.5) is 14.9 Å². The minimum Gasteiger partial charge on any atom is -0.311 e. The zero-order valence-electron chi connectivity index (χ0n) is 19.2. The lowest BCUT2D eigenvalue weighted by molar-refractivity contribution is -0.125. The SMILES string of the molecule is CC1(C)C2=C(CN1C(=O)Nc1c(F)cccc1Br)C(NC(=O)C1([Si](C)(C)C)CCC1)=NC2. The van der Waals surface area contributed by atoms with Crippen molar-refractivity contribution in [1.82, 2.24) is 10.2 Å². The lowest BCUT2D eigenvalue weighted by atomic mass is 9.83. The van der Waals surface area contributed by atoms with E-state index in [1.54, 1.807) is 17.0 Å². The highest BCUT2D eigenvalue weighted by Crippen LogP contribution is 2.55. The summed E-state index contributed by atoms with van der Waals surface area (Å²) in [5.74, 6) is 0.160. The summed E-state index contributed by atoms with van der Waals surface area (Å²) in [6.45, 7) is 11.4. The fourth-order valence-corrected chi connectivity index (χ4v) is 8.09. The largest absolute Gasteiger partial charge is 0.322 e. The number of urea groups is 1. The number of rotatable bonds is 3. The molecular weight excluding hydrogens is 491 g/mol. The molecule has 1 fully saturated rings. The van der Waals surface area contributed by atoms with Crippen molar-refractivity contribution in [2.45, 2.75) is 63.3 Å². The van der Waals surface area contributed by atoms with Gasteiger partial charge in [0.15, 0.2) is 0 Å². The predicted octanol–water partition coefficient (Wildman–Crippen LogP) is 5.30. The van der Waals surface area contributed by atoms with Gasteiger partial charge < -0.3 is 15.5 Å². The van der Waals surface area contributed by atoms with Gasteiger partial charge in [-0.15, -0.1) is 0 Å². The molecule has 1 aromatic carbocycles. The van der Waals surface area contributed by atoms with Gasteiger partial charge in [-0.05, 0) is 60.3 Å². The van der Waals surface area contributed by atoms with Gasteiger partial charge in [0.2, 0.25) is 5.91 Å². The van der Waals surface area contributed by atoms with E-state index in [-0.39, 0.29) is 16.6 Å². The van der Waals surface area contributed by atoms with Crippen molar-refractivity contribution in [2.24, 2.45) is 4.99 Å². The van der Waals surface area contributed by atoms with Gasteiger partial charge in [0.25, 0.3) is 0 Å². The number of nitrogens with one attached hydrogen (secondary N) is 2. The van der Waals surface area contributed by atoms with E-state index in [4.69, 9.17) is 0 Å². The summed E-state index contributed by atoms with van der Waals surface area (Å²) in [6.07, 6.45) is 2.96. The van der Waals surface area contributed by atoms with E-state index in [1.807, 2.05) is 13.8 Å². The summed E-state index contributed by atoms with van der Waals surface area (Å²) >= 11 is 3.30. The van der Waals surface area contributed by atoms with Crippen LogP contribution in [0.25, 0.3) is 0 Å². The third kappa shape index (κ3) is 3.53. The quantitative estimate of drug-likeness (QED) is 0.530. The second-order valence-electron chi connectivity index (χ2n) is 10.4. The van der Waals surface area contributed by atoms with Crippen molar-refractivity contribution < 1.29 is 14.0 Å². The smallest absolute Gasteiger partial charge is 0.311 e. The molecule has 1 saturated carbocycles. The molecule has 172 valence electrons. The van der Waals surface area contributed by atoms with Crippen LogP contribution in [-0.2, 0) is 4.79 Å². The van der Waals surface area contributed by atoms with Gasteiger partial charge in [0.05, 0.1) is 32.4 Å². The Balaban J connectivity index is 1.52. The molecule has 1 aliphatic carbocycles. The number of aliphatic imine (C=N–C) groups is 1. The van der Waals surface area contributed by atoms with Crippen molar-refractivity contribution >= 4 is 47.5 Å². The maximum atomic E-state index is 14.2. The Morgan fingerprint density at radius 2 is 1.88 bits per heavy atom. The fraction of sp³-hybridized carbons (Fsp3) is 0.522. The molecule has 2 aliphatic heterocycles. The molecule has 6 nitrogen and oxygen atoms in total. The molecule has 0 radical (unpaired) electrons. The first-order chi connectivity index (χ1) is 14.9. The molecule has 3 aliphatic rings. The van der Waals surface area contributed by atoms with Crippen LogP contribution in [-0.4, -0.2) is 49.4 Å². The Morgan fingerprint density at radius 1 is 1.19 bits per heavy atom. The number of carbonyl (C=O) groups is 2. The van der Waals surface area contributed by atoms with Crippen molar-refractivity contribution in [2.75, 3.05) is 18.4 Å². The number of halogens is 2. The van der Waals surface area contributed by atoms with Gasteiger partial charge >= 0.3 is 6.03 Å². The second-order valence-corrected chi connectivity index (χ2v) is 16.7. The van der Waals surface area contributed by atoms with Crippen LogP contribution in [0.2, 0.25) is 24.7 Å². The van der Waals surface area contributed by atoms with Crippen molar-refractivity contribution in [3.63, 3.8) is 0 Å². The molecule has 2 N–H and O–H groups in total. The van der Waals surface area contributed by atoms with Crippen LogP contribution in [0.5, 0.6) is 0 Å². The number of amidine groups is 1. The second kappa shape index (κ2) is 7.80. The highest BCUT2D eigenvalue weighted by Gasteiger charge is 2.54. The van der Waals surface area contributed by atoms with Gasteiger partial charge in [-0.2, -0.15) is 0 Å². The molecule has 2 heterocycles. The molecule has 32 heavy (non-hydrogen) atoms. The molecule has 0 atom stereocenters. The number of hydrogen-bond donors (Lipinski definition) is 2. The summed E-state index contributed by atoms with van der Waals surface area (Å²) in [7, 11) is -1.70. The van der Waals surface area contributed by atoms with E-state index in [9.17, 15) is 14.0 Å². The monoisotopic (exact) mass is 520 g/mol. The Hall–Kier alpha value is -2.00. The van der Waals surface area contributed by atoms with Crippen LogP contribution < -0.4 is 10.6 Å². The molecule has 4 rings (SSSR count).